The molecular weight excluding hydrogens is 316 g/mol. The number of carbonyl (C=O) groups is 1. The second kappa shape index (κ2) is 5.86. The van der Waals surface area contributed by atoms with Crippen LogP contribution in [0.2, 0.25) is 0 Å². The predicted octanol–water partition coefficient (Wildman–Crippen LogP) is 3.01. The van der Waals surface area contributed by atoms with Gasteiger partial charge in [-0.15, -0.1) is 0 Å². The van der Waals surface area contributed by atoms with Gasteiger partial charge in [0.05, 0.1) is 0 Å². The highest BCUT2D eigenvalue weighted by molar-refractivity contribution is 9.10. The normalized spacial score (nSPS) is 27.2. The van der Waals surface area contributed by atoms with Crippen molar-refractivity contribution in [2.75, 3.05) is 26.7 Å². The van der Waals surface area contributed by atoms with Crippen LogP contribution in [0.25, 0.3) is 0 Å². The molecule has 108 valence electrons. The second-order valence-electron chi connectivity index (χ2n) is 6.00. The Balaban J connectivity index is 1.71. The number of carbonyl (C=O) groups excluding carboxylic acids is 1. The lowest BCUT2D eigenvalue weighted by atomic mass is 9.84. The predicted molar refractivity (Wildman–Crippen MR) is 83.8 cm³/mol. The van der Waals surface area contributed by atoms with Crippen LogP contribution in [0.3, 0.4) is 0 Å². The first kappa shape index (κ1) is 14.1. The summed E-state index contributed by atoms with van der Waals surface area (Å²) >= 11 is 3.44. The monoisotopic (exact) mass is 336 g/mol. The van der Waals surface area contributed by atoms with Crippen LogP contribution in [0.15, 0.2) is 28.7 Å². The van der Waals surface area contributed by atoms with Gasteiger partial charge < -0.3 is 9.80 Å². The smallest absolute Gasteiger partial charge is 0.253 e. The molecule has 0 spiro atoms. The average Bonchev–Trinajstić information content (AvgIpc) is 2.46. The number of hydrogen-bond donors (Lipinski definition) is 0. The third kappa shape index (κ3) is 2.77. The van der Waals surface area contributed by atoms with Crippen LogP contribution in [0.5, 0.6) is 0 Å². The Kier molecular flexibility index (Phi) is 4.13. The lowest BCUT2D eigenvalue weighted by molar-refractivity contribution is 0.0317. The molecule has 0 N–H and O–H groups in total. The zero-order chi connectivity index (χ0) is 14.1. The van der Waals surface area contributed by atoms with Crippen LogP contribution in [-0.2, 0) is 0 Å². The van der Waals surface area contributed by atoms with E-state index >= 15 is 0 Å². The molecule has 0 bridgehead atoms. The van der Waals surface area contributed by atoms with Gasteiger partial charge in [0, 0.05) is 29.2 Å². The molecule has 2 heterocycles. The maximum absolute atomic E-state index is 12.6. The molecule has 3 rings (SSSR count). The number of halogens is 1. The largest absolute Gasteiger partial charge is 0.338 e. The van der Waals surface area contributed by atoms with Crippen molar-refractivity contribution in [2.24, 2.45) is 5.92 Å². The molecule has 2 aliphatic heterocycles. The van der Waals surface area contributed by atoms with Crippen molar-refractivity contribution >= 4 is 21.8 Å². The van der Waals surface area contributed by atoms with Gasteiger partial charge in [-0.25, -0.2) is 0 Å². The van der Waals surface area contributed by atoms with E-state index in [2.05, 4.69) is 27.9 Å². The van der Waals surface area contributed by atoms with Gasteiger partial charge in [0.2, 0.25) is 0 Å². The van der Waals surface area contributed by atoms with Gasteiger partial charge in [-0.05, 0) is 57.0 Å². The first-order valence-corrected chi connectivity index (χ1v) is 8.19. The standard InChI is InChI=1S/C16H21BrN2O/c1-18-8-3-5-13-11-19(9-7-15(13)18)16(20)12-4-2-6-14(17)10-12/h2,4,6,10,13,15H,3,5,7-9,11H2,1H3. The molecule has 3 nitrogen and oxygen atoms in total. The summed E-state index contributed by atoms with van der Waals surface area (Å²) in [6.45, 7) is 3.01. The summed E-state index contributed by atoms with van der Waals surface area (Å²) in [5.74, 6) is 0.830. The van der Waals surface area contributed by atoms with Gasteiger partial charge in [0.15, 0.2) is 0 Å². The Morgan fingerprint density at radius 2 is 2.15 bits per heavy atom. The topological polar surface area (TPSA) is 23.6 Å². The van der Waals surface area contributed by atoms with Crippen LogP contribution in [0.4, 0.5) is 0 Å². The summed E-state index contributed by atoms with van der Waals surface area (Å²) in [4.78, 5) is 17.1. The fourth-order valence-corrected chi connectivity index (χ4v) is 4.04. The van der Waals surface area contributed by atoms with Crippen LogP contribution in [-0.4, -0.2) is 48.4 Å². The molecule has 1 amide bonds. The lowest BCUT2D eigenvalue weighted by Crippen LogP contribution is -2.53. The van der Waals surface area contributed by atoms with E-state index < -0.39 is 0 Å². The third-order valence-electron chi connectivity index (χ3n) is 4.70. The molecule has 2 unspecified atom stereocenters. The van der Waals surface area contributed by atoms with Gasteiger partial charge in [0.25, 0.3) is 5.91 Å². The molecule has 1 aromatic carbocycles. The minimum Gasteiger partial charge on any atom is -0.338 e. The number of benzene rings is 1. The van der Waals surface area contributed by atoms with Crippen molar-refractivity contribution < 1.29 is 4.79 Å². The zero-order valence-corrected chi connectivity index (χ0v) is 13.5. The van der Waals surface area contributed by atoms with Gasteiger partial charge in [0.1, 0.15) is 0 Å². The molecule has 0 aromatic heterocycles. The van der Waals surface area contributed by atoms with Gasteiger partial charge in [-0.1, -0.05) is 22.0 Å². The fourth-order valence-electron chi connectivity index (χ4n) is 3.64. The first-order chi connectivity index (χ1) is 9.65. The average molecular weight is 337 g/mol. The van der Waals surface area contributed by atoms with E-state index in [9.17, 15) is 4.79 Å². The summed E-state index contributed by atoms with van der Waals surface area (Å²) in [6, 6.07) is 8.39. The van der Waals surface area contributed by atoms with E-state index in [-0.39, 0.29) is 5.91 Å². The number of nitrogens with zero attached hydrogens (tertiary/aromatic N) is 2. The van der Waals surface area contributed by atoms with Gasteiger partial charge in [-0.2, -0.15) is 0 Å². The van der Waals surface area contributed by atoms with Gasteiger partial charge >= 0.3 is 0 Å². The van der Waals surface area contributed by atoms with Crippen LogP contribution < -0.4 is 0 Å². The quantitative estimate of drug-likeness (QED) is 0.787. The maximum atomic E-state index is 12.6. The van der Waals surface area contributed by atoms with E-state index in [1.165, 1.54) is 19.4 Å². The highest BCUT2D eigenvalue weighted by Gasteiger charge is 2.35. The minimum absolute atomic E-state index is 0.179. The van der Waals surface area contributed by atoms with E-state index in [1.807, 2.05) is 29.2 Å². The van der Waals surface area contributed by atoms with Gasteiger partial charge in [-0.3, -0.25) is 4.79 Å². The van der Waals surface area contributed by atoms with E-state index in [4.69, 9.17) is 0 Å². The Morgan fingerprint density at radius 1 is 1.30 bits per heavy atom. The number of piperidine rings is 2. The maximum Gasteiger partial charge on any atom is 0.253 e. The zero-order valence-electron chi connectivity index (χ0n) is 11.9. The van der Waals surface area contributed by atoms with Crippen molar-refractivity contribution in [1.82, 2.24) is 9.80 Å². The van der Waals surface area contributed by atoms with Crippen molar-refractivity contribution in [1.29, 1.82) is 0 Å². The molecule has 0 saturated carbocycles. The SMILES string of the molecule is CN1CCCC2CN(C(=O)c3cccc(Br)c3)CCC21. The number of amides is 1. The summed E-state index contributed by atoms with van der Waals surface area (Å²) in [5, 5.41) is 0. The van der Waals surface area contributed by atoms with Crippen molar-refractivity contribution in [2.45, 2.75) is 25.3 Å². The number of hydrogen-bond acceptors (Lipinski definition) is 2. The van der Waals surface area contributed by atoms with Crippen molar-refractivity contribution in [3.63, 3.8) is 0 Å². The molecule has 1 aromatic rings. The lowest BCUT2D eigenvalue weighted by Gasteiger charge is -2.46. The molecule has 2 fully saturated rings. The highest BCUT2D eigenvalue weighted by Crippen LogP contribution is 2.30. The van der Waals surface area contributed by atoms with Crippen LogP contribution >= 0.6 is 15.9 Å². The number of likely N-dealkylation sites (tertiary alicyclic amines) is 2. The van der Waals surface area contributed by atoms with Crippen molar-refractivity contribution in [3.05, 3.63) is 34.3 Å². The summed E-state index contributed by atoms with van der Waals surface area (Å²) in [5.41, 5.74) is 0.794. The van der Waals surface area contributed by atoms with E-state index in [1.54, 1.807) is 0 Å². The number of rotatable bonds is 1. The van der Waals surface area contributed by atoms with E-state index in [0.717, 1.165) is 29.5 Å². The molecule has 20 heavy (non-hydrogen) atoms. The molecule has 0 radical (unpaired) electrons. The third-order valence-corrected chi connectivity index (χ3v) is 5.20. The first-order valence-electron chi connectivity index (χ1n) is 7.40. The molecular formula is C16H21BrN2O. The Bertz CT molecular complexity index is 505. The molecule has 4 heteroatoms. The fraction of sp³-hybridized carbons (Fsp3) is 0.562. The number of fused-ring (bicyclic) bond motifs is 1. The molecule has 2 atom stereocenters. The molecule has 2 saturated heterocycles. The highest BCUT2D eigenvalue weighted by atomic mass is 79.9. The summed E-state index contributed by atoms with van der Waals surface area (Å²) in [7, 11) is 2.22. The van der Waals surface area contributed by atoms with E-state index in [0.29, 0.717) is 12.0 Å². The van der Waals surface area contributed by atoms with Crippen LogP contribution in [0, 0.1) is 5.92 Å². The molecule has 2 aliphatic rings. The summed E-state index contributed by atoms with van der Waals surface area (Å²) in [6.07, 6.45) is 3.63. The Labute approximate surface area is 129 Å². The second-order valence-corrected chi connectivity index (χ2v) is 6.92. The Morgan fingerprint density at radius 3 is 2.95 bits per heavy atom. The Hall–Kier alpha value is -0.870. The summed E-state index contributed by atoms with van der Waals surface area (Å²) < 4.78 is 0.968. The van der Waals surface area contributed by atoms with Crippen LogP contribution in [0.1, 0.15) is 29.6 Å². The molecule has 0 aliphatic carbocycles. The minimum atomic E-state index is 0.179. The van der Waals surface area contributed by atoms with Crippen molar-refractivity contribution in [3.8, 4) is 0 Å².